The fourth-order valence-corrected chi connectivity index (χ4v) is 3.39. The van der Waals surface area contributed by atoms with Gasteiger partial charge in [-0.15, -0.1) is 0 Å². The van der Waals surface area contributed by atoms with Crippen molar-refractivity contribution >= 4 is 34.1 Å². The number of urea groups is 1. The second kappa shape index (κ2) is 10.4. The number of hydrogen-bond donors (Lipinski definition) is 2. The summed E-state index contributed by atoms with van der Waals surface area (Å²) < 4.78 is 38.2. The number of nitrogens with zero attached hydrogens (tertiary/aromatic N) is 1. The molecule has 3 aromatic carbocycles. The third-order valence-electron chi connectivity index (χ3n) is 5.46. The average molecular weight is 457 g/mol. The smallest absolute Gasteiger partial charge is 0.326 e. The summed E-state index contributed by atoms with van der Waals surface area (Å²) in [7, 11) is 0. The zero-order valence-corrected chi connectivity index (χ0v) is 18.4. The highest BCUT2D eigenvalue weighted by Crippen LogP contribution is 2.30. The molecule has 0 spiro atoms. The van der Waals surface area contributed by atoms with Crippen LogP contribution in [0.25, 0.3) is 10.8 Å². The van der Waals surface area contributed by atoms with Gasteiger partial charge < -0.3 is 15.5 Å². The largest absolute Gasteiger partial charge is 0.416 e. The lowest BCUT2D eigenvalue weighted by Crippen LogP contribution is -2.42. The lowest BCUT2D eigenvalue weighted by Gasteiger charge is -2.28. The first-order valence-electron chi connectivity index (χ1n) is 10.7. The van der Waals surface area contributed by atoms with E-state index in [2.05, 4.69) is 10.6 Å². The molecule has 0 aromatic heterocycles. The van der Waals surface area contributed by atoms with Crippen molar-refractivity contribution in [2.24, 2.45) is 0 Å². The van der Waals surface area contributed by atoms with Crippen molar-refractivity contribution in [3.05, 3.63) is 72.3 Å². The van der Waals surface area contributed by atoms with Gasteiger partial charge in [0.1, 0.15) is 0 Å². The summed E-state index contributed by atoms with van der Waals surface area (Å²) >= 11 is 0. The molecule has 0 radical (unpaired) electrons. The normalized spacial score (nSPS) is 12.3. The Hall–Kier alpha value is -3.55. The second-order valence-corrected chi connectivity index (χ2v) is 7.82. The van der Waals surface area contributed by atoms with Crippen LogP contribution in [0, 0.1) is 0 Å². The average Bonchev–Trinajstić information content (AvgIpc) is 2.78. The first kappa shape index (κ1) is 24.1. The maximum absolute atomic E-state index is 12.8. The lowest BCUT2D eigenvalue weighted by atomic mass is 10.1. The van der Waals surface area contributed by atoms with Crippen LogP contribution in [0.1, 0.15) is 32.3 Å². The lowest BCUT2D eigenvalue weighted by molar-refractivity contribution is -0.137. The second-order valence-electron chi connectivity index (χ2n) is 7.82. The molecule has 1 atom stereocenters. The first-order valence-corrected chi connectivity index (χ1v) is 10.7. The van der Waals surface area contributed by atoms with Crippen LogP contribution in [0.3, 0.4) is 0 Å². The van der Waals surface area contributed by atoms with Crippen molar-refractivity contribution in [2.45, 2.75) is 38.9 Å². The summed E-state index contributed by atoms with van der Waals surface area (Å²) in [6.07, 6.45) is -3.70. The number of rotatable bonds is 7. The number of carbonyl (C=O) groups excluding carboxylic acids is 2. The summed E-state index contributed by atoms with van der Waals surface area (Å²) in [5.41, 5.74) is 0.134. The molecule has 1 unspecified atom stereocenters. The van der Waals surface area contributed by atoms with Gasteiger partial charge in [-0.05, 0) is 60.5 Å². The number of nitrogens with one attached hydrogen (secondary N) is 2. The molecule has 5 nitrogen and oxygen atoms in total. The summed E-state index contributed by atoms with van der Waals surface area (Å²) in [6.45, 7) is 3.94. The van der Waals surface area contributed by atoms with Crippen molar-refractivity contribution in [3.8, 4) is 0 Å². The van der Waals surface area contributed by atoms with Crippen molar-refractivity contribution in [1.29, 1.82) is 0 Å². The molecule has 0 aliphatic carbocycles. The topological polar surface area (TPSA) is 61.4 Å². The molecule has 2 N–H and O–H groups in total. The van der Waals surface area contributed by atoms with E-state index in [1.54, 1.807) is 0 Å². The van der Waals surface area contributed by atoms with Crippen molar-refractivity contribution in [2.75, 3.05) is 17.2 Å². The van der Waals surface area contributed by atoms with E-state index in [9.17, 15) is 22.8 Å². The van der Waals surface area contributed by atoms with Crippen molar-refractivity contribution in [3.63, 3.8) is 0 Å². The van der Waals surface area contributed by atoms with Crippen LogP contribution in [0.2, 0.25) is 0 Å². The maximum Gasteiger partial charge on any atom is 0.416 e. The summed E-state index contributed by atoms with van der Waals surface area (Å²) in [6, 6.07) is 17.1. The fraction of sp³-hybridized carbons (Fsp3) is 0.280. The van der Waals surface area contributed by atoms with Crippen molar-refractivity contribution < 1.29 is 22.8 Å². The maximum atomic E-state index is 12.8. The molecule has 3 rings (SSSR count). The van der Waals surface area contributed by atoms with Gasteiger partial charge in [0.2, 0.25) is 5.91 Å². The molecule has 0 aliphatic rings. The van der Waals surface area contributed by atoms with E-state index in [-0.39, 0.29) is 30.6 Å². The van der Waals surface area contributed by atoms with Gasteiger partial charge >= 0.3 is 12.2 Å². The van der Waals surface area contributed by atoms with E-state index in [1.807, 2.05) is 56.3 Å². The monoisotopic (exact) mass is 457 g/mol. The van der Waals surface area contributed by atoms with E-state index in [0.29, 0.717) is 12.1 Å². The third kappa shape index (κ3) is 6.47. The van der Waals surface area contributed by atoms with Gasteiger partial charge in [-0.25, -0.2) is 4.79 Å². The van der Waals surface area contributed by atoms with E-state index in [4.69, 9.17) is 0 Å². The molecular formula is C25H26F3N3O2. The van der Waals surface area contributed by atoms with Crippen LogP contribution < -0.4 is 10.6 Å². The van der Waals surface area contributed by atoms with Gasteiger partial charge in [0.15, 0.2) is 0 Å². The molecule has 0 saturated carbocycles. The Bertz CT molecular complexity index is 1110. The number of hydrogen-bond acceptors (Lipinski definition) is 2. The molecule has 33 heavy (non-hydrogen) atoms. The Kier molecular flexibility index (Phi) is 7.58. The minimum Gasteiger partial charge on any atom is -0.326 e. The number of benzene rings is 3. The van der Waals surface area contributed by atoms with Gasteiger partial charge in [-0.3, -0.25) is 4.79 Å². The number of amides is 3. The molecule has 0 saturated heterocycles. The fourth-order valence-electron chi connectivity index (χ4n) is 3.39. The number of anilines is 2. The highest BCUT2D eigenvalue weighted by Gasteiger charge is 2.30. The Morgan fingerprint density at radius 1 is 0.909 bits per heavy atom. The molecule has 0 heterocycles. The Balaban J connectivity index is 1.61. The number of fused-ring (bicyclic) bond motifs is 1. The molecule has 0 fully saturated rings. The molecule has 3 aromatic rings. The summed E-state index contributed by atoms with van der Waals surface area (Å²) in [5, 5.41) is 7.54. The zero-order valence-electron chi connectivity index (χ0n) is 18.4. The standard InChI is InChI=1S/C25H26F3N3O2/c1-3-17(2)31(24(33)30-21-12-9-20(10-13-21)25(26,27)28)15-14-23(32)29-22-11-8-18-6-4-5-7-19(18)16-22/h4-13,16-17H,3,14-15H2,1-2H3,(H,29,32)(H,30,33). The minimum atomic E-state index is -4.44. The molecule has 0 aliphatic heterocycles. The number of carbonyl (C=O) groups is 2. The van der Waals surface area contributed by atoms with E-state index >= 15 is 0 Å². The van der Waals surface area contributed by atoms with E-state index in [0.717, 1.165) is 22.9 Å². The third-order valence-corrected chi connectivity index (χ3v) is 5.46. The van der Waals surface area contributed by atoms with Crippen molar-refractivity contribution in [1.82, 2.24) is 4.90 Å². The minimum absolute atomic E-state index is 0.0810. The number of alkyl halides is 3. The Morgan fingerprint density at radius 2 is 1.55 bits per heavy atom. The highest BCUT2D eigenvalue weighted by molar-refractivity contribution is 5.95. The predicted molar refractivity (Wildman–Crippen MR) is 124 cm³/mol. The van der Waals surface area contributed by atoms with E-state index in [1.165, 1.54) is 17.0 Å². The van der Waals surface area contributed by atoms with Crippen LogP contribution >= 0.6 is 0 Å². The Morgan fingerprint density at radius 3 is 2.18 bits per heavy atom. The molecular weight excluding hydrogens is 431 g/mol. The van der Waals surface area contributed by atoms with Crippen LogP contribution in [-0.2, 0) is 11.0 Å². The summed E-state index contributed by atoms with van der Waals surface area (Å²) in [5.74, 6) is -0.235. The first-order chi connectivity index (χ1) is 15.7. The molecule has 3 amide bonds. The van der Waals surface area contributed by atoms with Crippen LogP contribution in [0.5, 0.6) is 0 Å². The SMILES string of the molecule is CCC(C)N(CCC(=O)Nc1ccc2ccccc2c1)C(=O)Nc1ccc(C(F)(F)F)cc1. The molecule has 8 heteroatoms. The van der Waals surface area contributed by atoms with Gasteiger partial charge in [0.05, 0.1) is 5.56 Å². The number of halogens is 3. The van der Waals surface area contributed by atoms with Gasteiger partial charge in [-0.2, -0.15) is 13.2 Å². The zero-order chi connectivity index (χ0) is 24.0. The van der Waals surface area contributed by atoms with Crippen LogP contribution in [0.15, 0.2) is 66.7 Å². The quantitative estimate of drug-likeness (QED) is 0.424. The molecule has 174 valence electrons. The Labute approximate surface area is 190 Å². The van der Waals surface area contributed by atoms with Crippen LogP contribution in [-0.4, -0.2) is 29.4 Å². The highest BCUT2D eigenvalue weighted by atomic mass is 19.4. The molecule has 0 bridgehead atoms. The van der Waals surface area contributed by atoms with Crippen LogP contribution in [0.4, 0.5) is 29.3 Å². The van der Waals surface area contributed by atoms with Gasteiger partial charge in [0, 0.05) is 30.4 Å². The predicted octanol–water partition coefficient (Wildman–Crippen LogP) is 6.52. The van der Waals surface area contributed by atoms with Gasteiger partial charge in [-0.1, -0.05) is 37.3 Å². The summed E-state index contributed by atoms with van der Waals surface area (Å²) in [4.78, 5) is 26.8. The van der Waals surface area contributed by atoms with Gasteiger partial charge in [0.25, 0.3) is 0 Å². The van der Waals surface area contributed by atoms with E-state index < -0.39 is 17.8 Å².